The van der Waals surface area contributed by atoms with Gasteiger partial charge in [-0.2, -0.15) is 0 Å². The van der Waals surface area contributed by atoms with Crippen LogP contribution in [0, 0.1) is 5.92 Å². The second kappa shape index (κ2) is 3.85. The van der Waals surface area contributed by atoms with Crippen LogP contribution in [0.5, 0.6) is 0 Å². The lowest BCUT2D eigenvalue weighted by Crippen LogP contribution is -2.18. The normalized spacial score (nSPS) is 19.9. The molecule has 0 saturated heterocycles. The quantitative estimate of drug-likeness (QED) is 0.806. The zero-order valence-electron chi connectivity index (χ0n) is 8.88. The minimum Gasteiger partial charge on any atom is -0.390 e. The van der Waals surface area contributed by atoms with E-state index in [4.69, 9.17) is 11.5 Å². The van der Waals surface area contributed by atoms with Crippen molar-refractivity contribution in [2.24, 2.45) is 11.7 Å². The molecule has 1 atom stereocenters. The number of nitrogens with two attached hydrogens (primary N) is 2. The third-order valence-corrected chi connectivity index (χ3v) is 4.30. The first-order valence-electron chi connectivity index (χ1n) is 5.33. The van der Waals surface area contributed by atoms with Crippen LogP contribution in [0.15, 0.2) is 0 Å². The molecule has 82 valence electrons. The van der Waals surface area contributed by atoms with Crippen molar-refractivity contribution in [1.29, 1.82) is 0 Å². The molecule has 1 aromatic rings. The van der Waals surface area contributed by atoms with Crippen molar-refractivity contribution in [1.82, 2.24) is 0 Å². The average Bonchev–Trinajstić information content (AvgIpc) is 2.52. The molecule has 15 heavy (non-hydrogen) atoms. The van der Waals surface area contributed by atoms with Crippen LogP contribution in [-0.4, -0.2) is 5.91 Å². The number of amides is 1. The third-order valence-electron chi connectivity index (χ3n) is 3.22. The largest absolute Gasteiger partial charge is 0.390 e. The summed E-state index contributed by atoms with van der Waals surface area (Å²) in [6, 6.07) is 0. The first-order chi connectivity index (χ1) is 7.13. The summed E-state index contributed by atoms with van der Waals surface area (Å²) in [6.07, 6.45) is 4.37. The number of hydrogen-bond acceptors (Lipinski definition) is 3. The van der Waals surface area contributed by atoms with E-state index in [1.54, 1.807) is 11.3 Å². The molecule has 1 amide bonds. The van der Waals surface area contributed by atoms with Gasteiger partial charge in [-0.25, -0.2) is 0 Å². The number of carbonyl (C=O) groups excluding carboxylic acids is 1. The number of fused-ring (bicyclic) bond motifs is 1. The summed E-state index contributed by atoms with van der Waals surface area (Å²) in [4.78, 5) is 12.5. The Kier molecular flexibility index (Phi) is 2.69. The second-order valence-electron chi connectivity index (χ2n) is 4.12. The van der Waals surface area contributed by atoms with Gasteiger partial charge in [-0.15, -0.1) is 11.3 Å². The van der Waals surface area contributed by atoms with E-state index in [9.17, 15) is 4.79 Å². The predicted molar refractivity (Wildman–Crippen MR) is 63.1 cm³/mol. The van der Waals surface area contributed by atoms with Gasteiger partial charge in [0.15, 0.2) is 0 Å². The van der Waals surface area contributed by atoms with E-state index in [-0.39, 0.29) is 5.91 Å². The highest BCUT2D eigenvalue weighted by atomic mass is 32.1. The molecule has 1 heterocycles. The van der Waals surface area contributed by atoms with Gasteiger partial charge in [0, 0.05) is 4.88 Å². The van der Waals surface area contributed by atoms with Gasteiger partial charge in [0.2, 0.25) is 0 Å². The first kappa shape index (κ1) is 10.5. The molecule has 0 aromatic carbocycles. The highest BCUT2D eigenvalue weighted by molar-refractivity contribution is 7.16. The van der Waals surface area contributed by atoms with E-state index >= 15 is 0 Å². The number of thiophene rings is 1. The van der Waals surface area contributed by atoms with E-state index in [0.29, 0.717) is 10.6 Å². The lowest BCUT2D eigenvalue weighted by molar-refractivity contribution is 0.100. The summed E-state index contributed by atoms with van der Waals surface area (Å²) in [5.74, 6) is 0.372. The Morgan fingerprint density at radius 1 is 1.60 bits per heavy atom. The first-order valence-corrected chi connectivity index (χ1v) is 6.15. The number of anilines is 1. The fraction of sp³-hybridized carbons (Fsp3) is 0.545. The number of rotatable bonds is 2. The van der Waals surface area contributed by atoms with E-state index in [0.717, 1.165) is 30.7 Å². The SMILES string of the molecule is CC[C@H]1CCc2c(sc(N)c2C(N)=O)C1. The predicted octanol–water partition coefficient (Wildman–Crippen LogP) is 1.94. The van der Waals surface area contributed by atoms with Crippen LogP contribution in [0.1, 0.15) is 40.6 Å². The van der Waals surface area contributed by atoms with Gasteiger partial charge in [-0.1, -0.05) is 13.3 Å². The molecule has 0 aliphatic heterocycles. The van der Waals surface area contributed by atoms with Crippen LogP contribution in [0.25, 0.3) is 0 Å². The Morgan fingerprint density at radius 2 is 2.33 bits per heavy atom. The molecule has 2 rings (SSSR count). The standard InChI is InChI=1S/C11H16N2OS/c1-2-6-3-4-7-8(5-6)15-11(13)9(7)10(12)14/h6H,2-5,13H2,1H3,(H2,12,14)/t6-/m0/s1. The molecule has 0 fully saturated rings. The zero-order valence-corrected chi connectivity index (χ0v) is 9.69. The Hall–Kier alpha value is -1.03. The van der Waals surface area contributed by atoms with Crippen LogP contribution in [0.3, 0.4) is 0 Å². The molecule has 0 saturated carbocycles. The molecule has 0 bridgehead atoms. The fourth-order valence-electron chi connectivity index (χ4n) is 2.29. The van der Waals surface area contributed by atoms with Crippen molar-refractivity contribution in [3.8, 4) is 0 Å². The van der Waals surface area contributed by atoms with Gasteiger partial charge >= 0.3 is 0 Å². The van der Waals surface area contributed by atoms with Crippen molar-refractivity contribution >= 4 is 22.2 Å². The van der Waals surface area contributed by atoms with Crippen molar-refractivity contribution < 1.29 is 4.79 Å². The van der Waals surface area contributed by atoms with Crippen LogP contribution in [-0.2, 0) is 12.8 Å². The second-order valence-corrected chi connectivity index (χ2v) is 5.26. The van der Waals surface area contributed by atoms with E-state index in [1.807, 2.05) is 0 Å². The molecule has 4 heteroatoms. The van der Waals surface area contributed by atoms with Crippen LogP contribution < -0.4 is 11.5 Å². The van der Waals surface area contributed by atoms with Crippen LogP contribution in [0.2, 0.25) is 0 Å². The van der Waals surface area contributed by atoms with Crippen LogP contribution >= 0.6 is 11.3 Å². The molecule has 1 aliphatic rings. The van der Waals surface area contributed by atoms with Crippen molar-refractivity contribution in [2.75, 3.05) is 5.73 Å². The lowest BCUT2D eigenvalue weighted by Gasteiger charge is -2.20. The average molecular weight is 224 g/mol. The van der Waals surface area contributed by atoms with Gasteiger partial charge in [0.25, 0.3) is 5.91 Å². The minimum absolute atomic E-state index is 0.375. The topological polar surface area (TPSA) is 69.1 Å². The number of nitrogen functional groups attached to an aromatic ring is 1. The Morgan fingerprint density at radius 3 is 2.93 bits per heavy atom. The molecule has 0 radical (unpaired) electrons. The number of carbonyl (C=O) groups is 1. The van der Waals surface area contributed by atoms with Gasteiger partial charge in [0.05, 0.1) is 10.6 Å². The molecular weight excluding hydrogens is 208 g/mol. The Balaban J connectivity index is 2.39. The maximum Gasteiger partial charge on any atom is 0.251 e. The maximum atomic E-state index is 11.3. The molecular formula is C11H16N2OS. The molecule has 0 unspecified atom stereocenters. The smallest absolute Gasteiger partial charge is 0.251 e. The number of primary amides is 1. The zero-order chi connectivity index (χ0) is 11.0. The van der Waals surface area contributed by atoms with Gasteiger partial charge in [-0.05, 0) is 30.7 Å². The lowest BCUT2D eigenvalue weighted by atomic mass is 9.85. The van der Waals surface area contributed by atoms with Gasteiger partial charge in [0.1, 0.15) is 0 Å². The van der Waals surface area contributed by atoms with Crippen LogP contribution in [0.4, 0.5) is 5.00 Å². The summed E-state index contributed by atoms with van der Waals surface area (Å²) in [7, 11) is 0. The Labute approximate surface area is 93.5 Å². The molecule has 4 N–H and O–H groups in total. The van der Waals surface area contributed by atoms with Crippen molar-refractivity contribution in [3.63, 3.8) is 0 Å². The van der Waals surface area contributed by atoms with E-state index < -0.39 is 0 Å². The monoisotopic (exact) mass is 224 g/mol. The van der Waals surface area contributed by atoms with Gasteiger partial charge in [-0.3, -0.25) is 4.79 Å². The number of hydrogen-bond donors (Lipinski definition) is 2. The fourth-order valence-corrected chi connectivity index (χ4v) is 3.53. The summed E-state index contributed by atoms with van der Waals surface area (Å²) < 4.78 is 0. The maximum absolute atomic E-state index is 11.3. The summed E-state index contributed by atoms with van der Waals surface area (Å²) in [5, 5.41) is 0.601. The highest BCUT2D eigenvalue weighted by Gasteiger charge is 2.26. The Bertz CT molecular complexity index is 398. The highest BCUT2D eigenvalue weighted by Crippen LogP contribution is 2.38. The molecule has 1 aromatic heterocycles. The summed E-state index contributed by atoms with van der Waals surface area (Å²) in [6.45, 7) is 2.21. The van der Waals surface area contributed by atoms with Crippen molar-refractivity contribution in [3.05, 3.63) is 16.0 Å². The third kappa shape index (κ3) is 1.74. The summed E-state index contributed by atoms with van der Waals surface area (Å²) >= 11 is 1.54. The van der Waals surface area contributed by atoms with Crippen molar-refractivity contribution in [2.45, 2.75) is 32.6 Å². The van der Waals surface area contributed by atoms with Gasteiger partial charge < -0.3 is 11.5 Å². The molecule has 3 nitrogen and oxygen atoms in total. The molecule has 1 aliphatic carbocycles. The summed E-state index contributed by atoms with van der Waals surface area (Å²) in [5.41, 5.74) is 12.9. The molecule has 0 spiro atoms. The van der Waals surface area contributed by atoms with E-state index in [1.165, 1.54) is 11.3 Å². The van der Waals surface area contributed by atoms with E-state index in [2.05, 4.69) is 6.92 Å². The minimum atomic E-state index is -0.375.